The van der Waals surface area contributed by atoms with Gasteiger partial charge in [0.1, 0.15) is 11.7 Å². The highest BCUT2D eigenvalue weighted by Crippen LogP contribution is 2.54. The van der Waals surface area contributed by atoms with E-state index in [4.69, 9.17) is 19.6 Å². The Morgan fingerprint density at radius 1 is 1.17 bits per heavy atom. The van der Waals surface area contributed by atoms with E-state index < -0.39 is 5.97 Å². The molecule has 7 heteroatoms. The molecule has 7 nitrogen and oxygen atoms in total. The topological polar surface area (TPSA) is 127 Å². The van der Waals surface area contributed by atoms with Gasteiger partial charge in [-0.25, -0.2) is 4.98 Å². The predicted octanol–water partition coefficient (Wildman–Crippen LogP) is 4.72. The van der Waals surface area contributed by atoms with Crippen molar-refractivity contribution in [2.75, 3.05) is 6.61 Å². The third kappa shape index (κ3) is 5.92. The molecule has 2 fully saturated rings. The van der Waals surface area contributed by atoms with Gasteiger partial charge in [-0.15, -0.1) is 0 Å². The van der Waals surface area contributed by atoms with E-state index in [-0.39, 0.29) is 18.0 Å². The number of hydrogen-bond acceptors (Lipinski definition) is 5. The number of carboxylic acids is 1. The number of aromatic amines is 1. The van der Waals surface area contributed by atoms with Crippen LogP contribution in [0.25, 0.3) is 11.3 Å². The molecule has 164 valence electrons. The molecular formula is C23H33N3O4. The van der Waals surface area contributed by atoms with Gasteiger partial charge in [-0.05, 0) is 57.3 Å². The summed E-state index contributed by atoms with van der Waals surface area (Å²) < 4.78 is 5.45. The van der Waals surface area contributed by atoms with Crippen molar-refractivity contribution in [3.8, 4) is 11.3 Å². The molecule has 0 aliphatic heterocycles. The van der Waals surface area contributed by atoms with Crippen LogP contribution >= 0.6 is 0 Å². The van der Waals surface area contributed by atoms with Crippen molar-refractivity contribution in [1.29, 1.82) is 0 Å². The van der Waals surface area contributed by atoms with E-state index in [1.54, 1.807) is 0 Å². The standard InChI is InChI=1S/C21H26N2O2.C2H4O2.H3N/c1-3-25-21(24)18(17(14-9-10-14)15-11-12-15)20-22-13(2)19(23-20)16-7-5-4-6-8-16;1-2(3)4;/h4-8,14-15,17-18H,3,9-12H2,1-2H3,(H,22,23);1H3,(H,3,4);1H3. The number of nitrogens with one attached hydrogen (secondary N) is 1. The first-order chi connectivity index (χ1) is 13.9. The monoisotopic (exact) mass is 415 g/mol. The molecule has 0 bridgehead atoms. The van der Waals surface area contributed by atoms with Gasteiger partial charge in [0.2, 0.25) is 0 Å². The van der Waals surface area contributed by atoms with E-state index in [1.165, 1.54) is 25.7 Å². The molecule has 1 unspecified atom stereocenters. The third-order valence-electron chi connectivity index (χ3n) is 5.50. The molecule has 1 atom stereocenters. The number of rotatable bonds is 7. The highest BCUT2D eigenvalue weighted by atomic mass is 16.5. The van der Waals surface area contributed by atoms with Gasteiger partial charge in [0, 0.05) is 18.2 Å². The number of aromatic nitrogens is 2. The Labute approximate surface area is 177 Å². The number of aryl methyl sites for hydroxylation is 1. The fourth-order valence-corrected chi connectivity index (χ4v) is 4.08. The molecular weight excluding hydrogens is 382 g/mol. The highest BCUT2D eigenvalue weighted by molar-refractivity contribution is 5.78. The maximum Gasteiger partial charge on any atom is 0.316 e. The first-order valence-electron chi connectivity index (χ1n) is 10.4. The van der Waals surface area contributed by atoms with E-state index in [0.717, 1.165) is 29.7 Å². The second kappa shape index (κ2) is 10.4. The van der Waals surface area contributed by atoms with Crippen LogP contribution in [0.5, 0.6) is 0 Å². The number of hydrogen-bond donors (Lipinski definition) is 3. The normalized spacial score (nSPS) is 16.1. The maximum absolute atomic E-state index is 12.8. The Balaban J connectivity index is 0.000000591. The molecule has 0 amide bonds. The van der Waals surface area contributed by atoms with Gasteiger partial charge >= 0.3 is 5.97 Å². The molecule has 0 saturated heterocycles. The predicted molar refractivity (Wildman–Crippen MR) is 115 cm³/mol. The summed E-state index contributed by atoms with van der Waals surface area (Å²) in [6.45, 7) is 5.41. The van der Waals surface area contributed by atoms with Gasteiger partial charge in [-0.3, -0.25) is 9.59 Å². The van der Waals surface area contributed by atoms with Crippen LogP contribution in [-0.4, -0.2) is 33.6 Å². The van der Waals surface area contributed by atoms with E-state index >= 15 is 0 Å². The lowest BCUT2D eigenvalue weighted by atomic mass is 9.83. The quantitative estimate of drug-likeness (QED) is 0.561. The summed E-state index contributed by atoms with van der Waals surface area (Å²) in [5, 5.41) is 7.42. The van der Waals surface area contributed by atoms with Crippen LogP contribution in [-0.2, 0) is 14.3 Å². The Morgan fingerprint density at radius 3 is 2.17 bits per heavy atom. The molecule has 1 aromatic heterocycles. The minimum absolute atomic E-state index is 0. The molecule has 2 saturated carbocycles. The zero-order chi connectivity index (χ0) is 21.0. The molecule has 0 radical (unpaired) electrons. The second-order valence-electron chi connectivity index (χ2n) is 7.96. The zero-order valence-electron chi connectivity index (χ0n) is 18.1. The molecule has 5 N–H and O–H groups in total. The van der Waals surface area contributed by atoms with Gasteiger partial charge in [-0.1, -0.05) is 30.3 Å². The highest BCUT2D eigenvalue weighted by Gasteiger charge is 2.49. The molecule has 30 heavy (non-hydrogen) atoms. The summed E-state index contributed by atoms with van der Waals surface area (Å²) in [6.07, 6.45) is 4.95. The first kappa shape index (κ1) is 23.6. The van der Waals surface area contributed by atoms with E-state index in [9.17, 15) is 4.79 Å². The Kier molecular flexibility index (Phi) is 8.17. The Hall–Kier alpha value is -2.67. The van der Waals surface area contributed by atoms with Crippen LogP contribution in [0.15, 0.2) is 30.3 Å². The number of aliphatic carboxylic acids is 1. The zero-order valence-corrected chi connectivity index (χ0v) is 18.1. The summed E-state index contributed by atoms with van der Waals surface area (Å²) in [4.78, 5) is 30.1. The summed E-state index contributed by atoms with van der Waals surface area (Å²) in [5.74, 6) is 1.29. The van der Waals surface area contributed by atoms with Crippen molar-refractivity contribution >= 4 is 11.9 Å². The molecule has 2 aromatic rings. The summed E-state index contributed by atoms with van der Waals surface area (Å²) in [6, 6.07) is 10.2. The van der Waals surface area contributed by atoms with Gasteiger partial charge in [0.05, 0.1) is 12.3 Å². The van der Waals surface area contributed by atoms with E-state index in [1.807, 2.05) is 32.0 Å². The minimum Gasteiger partial charge on any atom is -0.481 e. The summed E-state index contributed by atoms with van der Waals surface area (Å²) in [7, 11) is 0. The molecule has 0 spiro atoms. The summed E-state index contributed by atoms with van der Waals surface area (Å²) in [5.41, 5.74) is 3.04. The summed E-state index contributed by atoms with van der Waals surface area (Å²) >= 11 is 0. The molecule has 1 heterocycles. The number of benzene rings is 1. The average molecular weight is 416 g/mol. The van der Waals surface area contributed by atoms with Crippen molar-refractivity contribution in [2.45, 2.75) is 52.4 Å². The van der Waals surface area contributed by atoms with Gasteiger partial charge in [0.15, 0.2) is 0 Å². The van der Waals surface area contributed by atoms with Crippen LogP contribution in [0.2, 0.25) is 0 Å². The number of ether oxygens (including phenoxy) is 1. The molecule has 4 rings (SSSR count). The number of imidazole rings is 1. The third-order valence-corrected chi connectivity index (χ3v) is 5.50. The molecule has 1 aromatic carbocycles. The average Bonchev–Trinajstić information content (AvgIpc) is 3.59. The number of H-pyrrole nitrogens is 1. The number of carbonyl (C=O) groups excluding carboxylic acids is 1. The Morgan fingerprint density at radius 2 is 1.70 bits per heavy atom. The number of nitrogens with zero attached hydrogens (tertiary/aromatic N) is 1. The molecule has 2 aliphatic carbocycles. The number of esters is 1. The van der Waals surface area contributed by atoms with Gasteiger partial charge in [-0.2, -0.15) is 0 Å². The van der Waals surface area contributed by atoms with E-state index in [0.29, 0.717) is 24.4 Å². The number of carboxylic acid groups (broad SMARTS) is 1. The minimum atomic E-state index is -0.833. The van der Waals surface area contributed by atoms with Gasteiger partial charge < -0.3 is 21.0 Å². The van der Waals surface area contributed by atoms with Crippen LogP contribution in [0, 0.1) is 24.7 Å². The Bertz CT molecular complexity index is 825. The molecule has 2 aliphatic rings. The van der Waals surface area contributed by atoms with Crippen molar-refractivity contribution < 1.29 is 19.4 Å². The van der Waals surface area contributed by atoms with Crippen LogP contribution in [0.4, 0.5) is 0 Å². The van der Waals surface area contributed by atoms with Crippen LogP contribution in [0.3, 0.4) is 0 Å². The van der Waals surface area contributed by atoms with Crippen LogP contribution < -0.4 is 6.15 Å². The van der Waals surface area contributed by atoms with Gasteiger partial charge in [0.25, 0.3) is 5.97 Å². The number of carbonyl (C=O) groups is 2. The van der Waals surface area contributed by atoms with Crippen molar-refractivity contribution in [2.24, 2.45) is 17.8 Å². The van der Waals surface area contributed by atoms with Crippen molar-refractivity contribution in [3.63, 3.8) is 0 Å². The smallest absolute Gasteiger partial charge is 0.316 e. The first-order valence-corrected chi connectivity index (χ1v) is 10.4. The lowest BCUT2D eigenvalue weighted by molar-refractivity contribution is -0.147. The largest absolute Gasteiger partial charge is 0.481 e. The second-order valence-corrected chi connectivity index (χ2v) is 7.96. The lowest BCUT2D eigenvalue weighted by Gasteiger charge is -2.24. The SMILES string of the molecule is CC(=O)O.CCOC(=O)C(c1nc(-c2ccccc2)c(C)[nH]1)C(C1CC1)C1CC1.N. The maximum atomic E-state index is 12.8. The van der Waals surface area contributed by atoms with Crippen molar-refractivity contribution in [1.82, 2.24) is 16.1 Å². The fourth-order valence-electron chi connectivity index (χ4n) is 4.08. The van der Waals surface area contributed by atoms with Crippen LogP contribution in [0.1, 0.15) is 57.0 Å². The van der Waals surface area contributed by atoms with E-state index in [2.05, 4.69) is 17.1 Å². The fraction of sp³-hybridized carbons (Fsp3) is 0.522. The lowest BCUT2D eigenvalue weighted by Crippen LogP contribution is -2.28. The van der Waals surface area contributed by atoms with Crippen molar-refractivity contribution in [3.05, 3.63) is 41.9 Å².